The molecule has 3 rings (SSSR count). The highest BCUT2D eigenvalue weighted by Crippen LogP contribution is 2.23. The summed E-state index contributed by atoms with van der Waals surface area (Å²) in [5, 5.41) is 5.64. The third-order valence-corrected chi connectivity index (χ3v) is 4.74. The molecule has 0 aromatic heterocycles. The Hall–Kier alpha value is -2.83. The van der Waals surface area contributed by atoms with Crippen LogP contribution < -0.4 is 31.3 Å². The van der Waals surface area contributed by atoms with Gasteiger partial charge in [-0.1, -0.05) is 32.0 Å². The van der Waals surface area contributed by atoms with E-state index in [-0.39, 0.29) is 18.1 Å². The van der Waals surface area contributed by atoms with Crippen molar-refractivity contribution in [3.63, 3.8) is 0 Å². The van der Waals surface area contributed by atoms with Crippen molar-refractivity contribution in [3.8, 4) is 0 Å². The van der Waals surface area contributed by atoms with Crippen molar-refractivity contribution in [2.75, 3.05) is 54.4 Å². The lowest BCUT2D eigenvalue weighted by molar-refractivity contribution is -0.119. The van der Waals surface area contributed by atoms with Crippen molar-refractivity contribution in [2.24, 2.45) is 5.92 Å². The summed E-state index contributed by atoms with van der Waals surface area (Å²) in [6.07, 6.45) is 0. The maximum absolute atomic E-state index is 12.1. The Kier molecular flexibility index (Phi) is 5.78. The van der Waals surface area contributed by atoms with E-state index in [2.05, 4.69) is 27.7 Å². The number of benzene rings is 1. The molecule has 0 saturated carbocycles. The Morgan fingerprint density at radius 1 is 1.00 bits per heavy atom. The molecule has 0 bridgehead atoms. The number of hydrogen-bond donors (Lipinski definition) is 2. The second-order valence-corrected chi connectivity index (χ2v) is 7.24. The number of carbonyl (C=O) groups is 1. The van der Waals surface area contributed by atoms with Gasteiger partial charge in [0.05, 0.1) is 6.54 Å². The summed E-state index contributed by atoms with van der Waals surface area (Å²) in [5.74, 6) is 0.174. The standard InChI is InChI=1S/C20H26N4O3/c1-14(2)12-21-16(25)13-22-17-18(20(27)19(17)26)24-10-8-23(9-11-24)15-6-4-3-5-7-15/h3-7,14,22H,8-13H2,1-2H3,(H,21,25). The molecule has 2 aromatic rings. The lowest BCUT2D eigenvalue weighted by Crippen LogP contribution is -2.52. The molecule has 2 N–H and O–H groups in total. The van der Waals surface area contributed by atoms with Gasteiger partial charge in [0, 0.05) is 38.4 Å². The quantitative estimate of drug-likeness (QED) is 0.702. The number of nitrogens with one attached hydrogen (secondary N) is 2. The maximum Gasteiger partial charge on any atom is 0.253 e. The molecule has 1 saturated heterocycles. The van der Waals surface area contributed by atoms with Gasteiger partial charge in [0.2, 0.25) is 5.91 Å². The Bertz CT molecular complexity index is 848. The average Bonchev–Trinajstić information content (AvgIpc) is 2.69. The van der Waals surface area contributed by atoms with E-state index < -0.39 is 10.9 Å². The van der Waals surface area contributed by atoms with Gasteiger partial charge in [-0.2, -0.15) is 0 Å². The van der Waals surface area contributed by atoms with Gasteiger partial charge >= 0.3 is 0 Å². The molecule has 1 heterocycles. The zero-order valence-corrected chi connectivity index (χ0v) is 15.8. The number of anilines is 3. The second-order valence-electron chi connectivity index (χ2n) is 7.24. The summed E-state index contributed by atoms with van der Waals surface area (Å²) in [6.45, 7) is 7.47. The van der Waals surface area contributed by atoms with Crippen LogP contribution in [0, 0.1) is 5.92 Å². The van der Waals surface area contributed by atoms with E-state index in [0.717, 1.165) is 18.8 Å². The van der Waals surface area contributed by atoms with Gasteiger partial charge in [0.15, 0.2) is 0 Å². The van der Waals surface area contributed by atoms with E-state index in [1.54, 1.807) is 0 Å². The molecule has 7 heteroatoms. The highest BCUT2D eigenvalue weighted by atomic mass is 16.2. The van der Waals surface area contributed by atoms with Crippen LogP contribution in [-0.4, -0.2) is 45.2 Å². The maximum atomic E-state index is 12.1. The molecule has 1 fully saturated rings. The molecule has 1 aliphatic heterocycles. The zero-order chi connectivity index (χ0) is 19.4. The first kappa shape index (κ1) is 18.9. The molecule has 27 heavy (non-hydrogen) atoms. The largest absolute Gasteiger partial charge is 0.371 e. The van der Waals surface area contributed by atoms with Crippen LogP contribution in [0.2, 0.25) is 0 Å². The van der Waals surface area contributed by atoms with Crippen molar-refractivity contribution < 1.29 is 4.79 Å². The first-order chi connectivity index (χ1) is 13.0. The average molecular weight is 370 g/mol. The van der Waals surface area contributed by atoms with Crippen LogP contribution >= 0.6 is 0 Å². The number of amides is 1. The molecule has 0 radical (unpaired) electrons. The third kappa shape index (κ3) is 4.30. The van der Waals surface area contributed by atoms with Gasteiger partial charge in [-0.3, -0.25) is 14.4 Å². The van der Waals surface area contributed by atoms with E-state index in [1.807, 2.05) is 36.9 Å². The smallest absolute Gasteiger partial charge is 0.253 e. The molecule has 7 nitrogen and oxygen atoms in total. The summed E-state index contributed by atoms with van der Waals surface area (Å²) < 4.78 is 0. The highest BCUT2D eigenvalue weighted by Gasteiger charge is 2.28. The van der Waals surface area contributed by atoms with E-state index in [9.17, 15) is 14.4 Å². The minimum atomic E-state index is -0.535. The van der Waals surface area contributed by atoms with Crippen LogP contribution in [0.4, 0.5) is 17.1 Å². The topological polar surface area (TPSA) is 81.8 Å². The predicted octanol–water partition coefficient (Wildman–Crippen LogP) is 0.793. The van der Waals surface area contributed by atoms with Gasteiger partial charge in [0.25, 0.3) is 10.9 Å². The van der Waals surface area contributed by atoms with Gasteiger partial charge in [0.1, 0.15) is 11.4 Å². The van der Waals surface area contributed by atoms with Gasteiger partial charge in [-0.05, 0) is 18.1 Å². The fraction of sp³-hybridized carbons (Fsp3) is 0.450. The molecule has 2 aromatic carbocycles. The highest BCUT2D eigenvalue weighted by molar-refractivity contribution is 5.84. The van der Waals surface area contributed by atoms with Gasteiger partial charge in [-0.15, -0.1) is 0 Å². The lowest BCUT2D eigenvalue weighted by Gasteiger charge is -2.38. The normalized spacial score (nSPS) is 14.6. The van der Waals surface area contributed by atoms with Crippen molar-refractivity contribution in [2.45, 2.75) is 13.8 Å². The van der Waals surface area contributed by atoms with Gasteiger partial charge in [-0.25, -0.2) is 0 Å². The fourth-order valence-corrected chi connectivity index (χ4v) is 3.22. The Labute approximate surface area is 158 Å². The second kappa shape index (κ2) is 8.24. The Balaban J connectivity index is 1.59. The first-order valence-electron chi connectivity index (χ1n) is 9.36. The number of para-hydroxylation sites is 1. The predicted molar refractivity (Wildman–Crippen MR) is 109 cm³/mol. The van der Waals surface area contributed by atoms with Crippen LogP contribution in [0.25, 0.3) is 0 Å². The lowest BCUT2D eigenvalue weighted by atomic mass is 10.1. The number of carbonyl (C=O) groups excluding carboxylic acids is 1. The van der Waals surface area contributed by atoms with E-state index in [0.29, 0.717) is 31.2 Å². The zero-order valence-electron chi connectivity index (χ0n) is 15.8. The summed E-state index contributed by atoms with van der Waals surface area (Å²) in [6, 6.07) is 10.1. The summed E-state index contributed by atoms with van der Waals surface area (Å²) >= 11 is 0. The summed E-state index contributed by atoms with van der Waals surface area (Å²) in [5.41, 5.74) is 0.847. The molecular formula is C20H26N4O3. The van der Waals surface area contributed by atoms with Crippen LogP contribution in [0.15, 0.2) is 39.9 Å². The summed E-state index contributed by atoms with van der Waals surface area (Å²) in [7, 11) is 0. The molecule has 0 unspecified atom stereocenters. The third-order valence-electron chi connectivity index (χ3n) is 4.74. The SMILES string of the molecule is CC(C)CNC(=O)CNc1c(N2CCN(c3ccccc3)CC2)c(=O)c1=O. The molecule has 0 atom stereocenters. The molecule has 0 spiro atoms. The Morgan fingerprint density at radius 3 is 2.26 bits per heavy atom. The minimum Gasteiger partial charge on any atom is -0.371 e. The molecule has 1 aliphatic rings. The molecule has 0 aliphatic carbocycles. The van der Waals surface area contributed by atoms with Crippen molar-refractivity contribution in [1.29, 1.82) is 0 Å². The number of piperazine rings is 1. The molecule has 144 valence electrons. The van der Waals surface area contributed by atoms with E-state index in [4.69, 9.17) is 0 Å². The van der Waals surface area contributed by atoms with Crippen LogP contribution in [0.3, 0.4) is 0 Å². The first-order valence-corrected chi connectivity index (χ1v) is 9.36. The van der Waals surface area contributed by atoms with Crippen molar-refractivity contribution in [1.82, 2.24) is 5.32 Å². The fourth-order valence-electron chi connectivity index (χ4n) is 3.22. The molecule has 1 amide bonds. The van der Waals surface area contributed by atoms with Crippen LogP contribution in [-0.2, 0) is 4.79 Å². The number of nitrogens with zero attached hydrogens (tertiary/aromatic N) is 2. The van der Waals surface area contributed by atoms with Crippen LogP contribution in [0.1, 0.15) is 13.8 Å². The van der Waals surface area contributed by atoms with E-state index >= 15 is 0 Å². The molecular weight excluding hydrogens is 344 g/mol. The number of hydrogen-bond acceptors (Lipinski definition) is 6. The summed E-state index contributed by atoms with van der Waals surface area (Å²) in [4.78, 5) is 40.1. The van der Waals surface area contributed by atoms with Crippen LogP contribution in [0.5, 0.6) is 0 Å². The van der Waals surface area contributed by atoms with Crippen molar-refractivity contribution in [3.05, 3.63) is 50.8 Å². The number of rotatable bonds is 7. The Morgan fingerprint density at radius 2 is 1.63 bits per heavy atom. The monoisotopic (exact) mass is 370 g/mol. The minimum absolute atomic E-state index is 0.00540. The van der Waals surface area contributed by atoms with Gasteiger partial charge < -0.3 is 20.4 Å². The van der Waals surface area contributed by atoms with E-state index in [1.165, 1.54) is 0 Å². The van der Waals surface area contributed by atoms with Crippen molar-refractivity contribution >= 4 is 23.0 Å².